The van der Waals surface area contributed by atoms with Gasteiger partial charge in [0.25, 0.3) is 5.82 Å². The van der Waals surface area contributed by atoms with E-state index in [-0.39, 0.29) is 11.0 Å². The minimum Gasteiger partial charge on any atom is -0.322 e. The average molecular weight is 320 g/mol. The zero-order valence-corrected chi connectivity index (χ0v) is 11.6. The molecule has 106 valence electrons. The fourth-order valence-electron chi connectivity index (χ4n) is 1.49. The number of hydrogen-bond donors (Lipinski definition) is 1. The first-order chi connectivity index (χ1) is 9.36. The number of aromatic nitrogens is 5. The minimum atomic E-state index is -4.59. The van der Waals surface area contributed by atoms with Gasteiger partial charge in [-0.25, -0.2) is 4.98 Å². The maximum absolute atomic E-state index is 12.7. The number of alkyl halides is 3. The number of fused-ring (bicyclic) bond motifs is 1. The lowest BCUT2D eigenvalue weighted by Gasteiger charge is -1.99. The van der Waals surface area contributed by atoms with Crippen LogP contribution in [0, 0.1) is 0 Å². The highest BCUT2D eigenvalue weighted by atomic mass is 32.1. The summed E-state index contributed by atoms with van der Waals surface area (Å²) >= 11 is 2.33. The molecule has 3 aromatic rings. The summed E-state index contributed by atoms with van der Waals surface area (Å²) in [6.45, 7) is 1.78. The molecule has 0 aliphatic heterocycles. The Bertz CT molecular complexity index is 755. The second-order valence-corrected chi connectivity index (χ2v) is 5.83. The smallest absolute Gasteiger partial charge is 0.322 e. The number of nitrogens with two attached hydrogens (primary N) is 1. The molecule has 1 atom stereocenters. The molecule has 2 N–H and O–H groups in total. The van der Waals surface area contributed by atoms with Gasteiger partial charge in [0.15, 0.2) is 5.01 Å². The van der Waals surface area contributed by atoms with Gasteiger partial charge in [0.2, 0.25) is 4.96 Å². The van der Waals surface area contributed by atoms with Gasteiger partial charge in [0, 0.05) is 5.38 Å². The first kappa shape index (κ1) is 13.4. The van der Waals surface area contributed by atoms with Crippen LogP contribution in [-0.2, 0) is 6.18 Å². The van der Waals surface area contributed by atoms with E-state index in [4.69, 9.17) is 5.73 Å². The van der Waals surface area contributed by atoms with Crippen LogP contribution in [0.1, 0.15) is 23.8 Å². The summed E-state index contributed by atoms with van der Waals surface area (Å²) in [4.78, 5) is 4.32. The van der Waals surface area contributed by atoms with E-state index in [2.05, 4.69) is 20.3 Å². The molecule has 3 heterocycles. The van der Waals surface area contributed by atoms with Crippen LogP contribution in [0.25, 0.3) is 15.7 Å². The van der Waals surface area contributed by atoms with Crippen molar-refractivity contribution < 1.29 is 13.2 Å². The van der Waals surface area contributed by atoms with Gasteiger partial charge in [0.05, 0.1) is 6.04 Å². The highest BCUT2D eigenvalue weighted by Crippen LogP contribution is 2.32. The third-order valence-corrected chi connectivity index (χ3v) is 4.34. The molecule has 1 unspecified atom stereocenters. The van der Waals surface area contributed by atoms with Gasteiger partial charge >= 0.3 is 6.18 Å². The predicted molar refractivity (Wildman–Crippen MR) is 67.4 cm³/mol. The van der Waals surface area contributed by atoms with Gasteiger partial charge in [-0.15, -0.1) is 21.5 Å². The van der Waals surface area contributed by atoms with Crippen molar-refractivity contribution in [2.24, 2.45) is 5.73 Å². The van der Waals surface area contributed by atoms with Gasteiger partial charge < -0.3 is 5.73 Å². The first-order valence-electron chi connectivity index (χ1n) is 5.37. The highest BCUT2D eigenvalue weighted by Gasteiger charge is 2.38. The van der Waals surface area contributed by atoms with Crippen molar-refractivity contribution >= 4 is 27.6 Å². The van der Waals surface area contributed by atoms with Crippen molar-refractivity contribution in [2.75, 3.05) is 0 Å². The van der Waals surface area contributed by atoms with Crippen molar-refractivity contribution in [2.45, 2.75) is 19.1 Å². The summed E-state index contributed by atoms with van der Waals surface area (Å²) in [7, 11) is 0. The van der Waals surface area contributed by atoms with Gasteiger partial charge in [-0.1, -0.05) is 11.3 Å². The molecule has 0 aliphatic carbocycles. The van der Waals surface area contributed by atoms with Crippen LogP contribution in [0.4, 0.5) is 13.2 Å². The Kier molecular flexibility index (Phi) is 2.99. The monoisotopic (exact) mass is 320 g/mol. The molecule has 0 fully saturated rings. The molecule has 0 spiro atoms. The number of rotatable bonds is 2. The molecule has 20 heavy (non-hydrogen) atoms. The lowest BCUT2D eigenvalue weighted by atomic mass is 10.4. The van der Waals surface area contributed by atoms with E-state index in [0.29, 0.717) is 20.2 Å². The van der Waals surface area contributed by atoms with E-state index >= 15 is 0 Å². The topological polar surface area (TPSA) is 82.0 Å². The highest BCUT2D eigenvalue weighted by molar-refractivity contribution is 7.20. The lowest BCUT2D eigenvalue weighted by molar-refractivity contribution is -0.146. The van der Waals surface area contributed by atoms with Crippen molar-refractivity contribution in [3.05, 3.63) is 16.2 Å². The predicted octanol–water partition coefficient (Wildman–Crippen LogP) is 2.35. The number of hydrogen-bond acceptors (Lipinski definition) is 7. The SMILES string of the molecule is CC(N)c1nc(-c2nn3c(C(F)(F)F)nnc3s2)cs1. The summed E-state index contributed by atoms with van der Waals surface area (Å²) in [5.74, 6) is -1.14. The summed E-state index contributed by atoms with van der Waals surface area (Å²) in [5, 5.41) is 13.2. The third-order valence-electron chi connectivity index (χ3n) is 2.38. The minimum absolute atomic E-state index is 0.0719. The zero-order chi connectivity index (χ0) is 14.5. The number of thiazole rings is 1. The van der Waals surface area contributed by atoms with Crippen molar-refractivity contribution in [1.82, 2.24) is 24.8 Å². The van der Waals surface area contributed by atoms with E-state index in [1.165, 1.54) is 11.3 Å². The molecule has 0 saturated carbocycles. The van der Waals surface area contributed by atoms with Crippen molar-refractivity contribution in [3.63, 3.8) is 0 Å². The Morgan fingerprint density at radius 3 is 2.70 bits per heavy atom. The third kappa shape index (κ3) is 2.17. The Hall–Kier alpha value is -1.59. The summed E-state index contributed by atoms with van der Waals surface area (Å²) in [5.41, 5.74) is 6.19. The normalized spacial score (nSPS) is 14.1. The molecule has 11 heteroatoms. The maximum Gasteiger partial charge on any atom is 0.453 e. The number of halogens is 3. The lowest BCUT2D eigenvalue weighted by Crippen LogP contribution is -2.11. The quantitative estimate of drug-likeness (QED) is 0.784. The van der Waals surface area contributed by atoms with Gasteiger partial charge in [-0.2, -0.15) is 22.8 Å². The van der Waals surface area contributed by atoms with E-state index in [9.17, 15) is 13.2 Å². The van der Waals surface area contributed by atoms with E-state index in [0.717, 1.165) is 11.3 Å². The molecule has 0 amide bonds. The summed E-state index contributed by atoms with van der Waals surface area (Å²) in [6.07, 6.45) is -4.59. The summed E-state index contributed by atoms with van der Waals surface area (Å²) < 4.78 is 38.7. The molecule has 0 bridgehead atoms. The zero-order valence-electron chi connectivity index (χ0n) is 9.92. The molecule has 3 rings (SSSR count). The van der Waals surface area contributed by atoms with Crippen LogP contribution >= 0.6 is 22.7 Å². The van der Waals surface area contributed by atoms with E-state index < -0.39 is 12.0 Å². The molecular formula is C9H7F3N6S2. The van der Waals surface area contributed by atoms with Crippen LogP contribution in [0.2, 0.25) is 0 Å². The standard InChI is InChI=1S/C9H7F3N6S2/c1-3(13)5-14-4(2-19-5)6-17-18-7(9(10,11)12)15-16-8(18)20-6/h2-3H,13H2,1H3. The second-order valence-electron chi connectivity index (χ2n) is 3.98. The van der Waals surface area contributed by atoms with E-state index in [1.807, 2.05) is 0 Å². The maximum atomic E-state index is 12.7. The van der Waals surface area contributed by atoms with Crippen LogP contribution in [0.3, 0.4) is 0 Å². The summed E-state index contributed by atoms with van der Waals surface area (Å²) in [6, 6.07) is -0.231. The van der Waals surface area contributed by atoms with Crippen LogP contribution in [0.15, 0.2) is 5.38 Å². The Balaban J connectivity index is 2.06. The molecule has 0 aromatic carbocycles. The van der Waals surface area contributed by atoms with Gasteiger partial charge in [-0.3, -0.25) is 0 Å². The fourth-order valence-corrected chi connectivity index (χ4v) is 3.13. The molecule has 0 aliphatic rings. The van der Waals surface area contributed by atoms with Crippen LogP contribution in [-0.4, -0.2) is 24.8 Å². The van der Waals surface area contributed by atoms with Gasteiger partial charge in [0.1, 0.15) is 10.7 Å². The van der Waals surface area contributed by atoms with Crippen molar-refractivity contribution in [3.8, 4) is 10.7 Å². The fraction of sp³-hybridized carbons (Fsp3) is 0.333. The molecule has 3 aromatic heterocycles. The van der Waals surface area contributed by atoms with E-state index in [1.54, 1.807) is 12.3 Å². The number of nitrogens with zero attached hydrogens (tertiary/aromatic N) is 5. The van der Waals surface area contributed by atoms with Crippen molar-refractivity contribution in [1.29, 1.82) is 0 Å². The molecular weight excluding hydrogens is 313 g/mol. The largest absolute Gasteiger partial charge is 0.453 e. The molecule has 0 saturated heterocycles. The molecule has 0 radical (unpaired) electrons. The van der Waals surface area contributed by atoms with Crippen LogP contribution in [0.5, 0.6) is 0 Å². The average Bonchev–Trinajstić information content (AvgIpc) is 3.01. The molecule has 6 nitrogen and oxygen atoms in total. The Labute approximate surface area is 118 Å². The Morgan fingerprint density at radius 1 is 1.35 bits per heavy atom. The first-order valence-corrected chi connectivity index (χ1v) is 7.06. The van der Waals surface area contributed by atoms with Crippen LogP contribution < -0.4 is 5.73 Å². The second kappa shape index (κ2) is 4.46. The Morgan fingerprint density at radius 2 is 2.10 bits per heavy atom. The van der Waals surface area contributed by atoms with Gasteiger partial charge in [-0.05, 0) is 6.92 Å².